The second-order valence-electron chi connectivity index (χ2n) is 9.72. The molecule has 0 amide bonds. The molecule has 0 saturated heterocycles. The molecule has 0 spiro atoms. The van der Waals surface area contributed by atoms with E-state index in [4.69, 9.17) is 9.47 Å². The number of ether oxygens (including phenoxy) is 2. The normalized spacial score (nSPS) is 39.3. The molecular formula is C23H34O5. The summed E-state index contributed by atoms with van der Waals surface area (Å²) in [7, 11) is 0. The molecule has 2 saturated carbocycles. The summed E-state index contributed by atoms with van der Waals surface area (Å²) < 4.78 is 10.9. The van der Waals surface area contributed by atoms with E-state index >= 15 is 0 Å². The largest absolute Gasteiger partial charge is 0.461 e. The molecule has 0 radical (unpaired) electrons. The molecule has 5 nitrogen and oxygen atoms in total. The second-order valence-corrected chi connectivity index (χ2v) is 9.72. The Balaban J connectivity index is 1.98. The van der Waals surface area contributed by atoms with E-state index in [9.17, 15) is 14.7 Å². The number of hydrogen-bond acceptors (Lipinski definition) is 5. The quantitative estimate of drug-likeness (QED) is 0.385. The zero-order valence-corrected chi connectivity index (χ0v) is 17.6. The lowest BCUT2D eigenvalue weighted by Crippen LogP contribution is -2.58. The van der Waals surface area contributed by atoms with E-state index in [0.717, 1.165) is 36.8 Å². The van der Waals surface area contributed by atoms with Crippen molar-refractivity contribution in [2.75, 3.05) is 6.61 Å². The fourth-order valence-electron chi connectivity index (χ4n) is 5.93. The number of allylic oxidation sites excluding steroid dienone is 1. The molecule has 1 N–H and O–H groups in total. The van der Waals surface area contributed by atoms with Gasteiger partial charge in [0, 0.05) is 5.41 Å². The van der Waals surface area contributed by atoms with E-state index in [1.165, 1.54) is 0 Å². The van der Waals surface area contributed by atoms with E-state index in [-0.39, 0.29) is 41.8 Å². The first-order chi connectivity index (χ1) is 13.1. The van der Waals surface area contributed by atoms with Gasteiger partial charge < -0.3 is 14.6 Å². The summed E-state index contributed by atoms with van der Waals surface area (Å²) in [5, 5.41) is 10.8. The van der Waals surface area contributed by atoms with Gasteiger partial charge in [0.2, 0.25) is 0 Å². The minimum Gasteiger partial charge on any atom is -0.461 e. The topological polar surface area (TPSA) is 72.8 Å². The highest BCUT2D eigenvalue weighted by Gasteiger charge is 2.58. The van der Waals surface area contributed by atoms with Crippen molar-refractivity contribution in [2.24, 2.45) is 22.7 Å². The van der Waals surface area contributed by atoms with Gasteiger partial charge in [-0.1, -0.05) is 32.9 Å². The number of rotatable bonds is 0. The summed E-state index contributed by atoms with van der Waals surface area (Å²) in [5.41, 5.74) is 1.80. The number of aliphatic hydroxyl groups is 1. The van der Waals surface area contributed by atoms with Crippen LogP contribution in [0, 0.1) is 22.7 Å². The molecule has 4 bridgehead atoms. The Kier molecular flexibility index (Phi) is 5.77. The summed E-state index contributed by atoms with van der Waals surface area (Å²) in [6, 6.07) is 0. The Morgan fingerprint density at radius 3 is 2.61 bits per heavy atom. The molecule has 2 aliphatic carbocycles. The lowest BCUT2D eigenvalue weighted by atomic mass is 9.46. The fraction of sp³-hybridized carbons (Fsp3) is 0.739. The predicted molar refractivity (Wildman–Crippen MR) is 106 cm³/mol. The lowest BCUT2D eigenvalue weighted by Gasteiger charge is -2.60. The molecule has 0 aromatic carbocycles. The van der Waals surface area contributed by atoms with Crippen LogP contribution in [0.4, 0.5) is 0 Å². The number of esters is 2. The summed E-state index contributed by atoms with van der Waals surface area (Å²) in [6.07, 6.45) is 4.85. The maximum Gasteiger partial charge on any atom is 0.317 e. The minimum absolute atomic E-state index is 0.00942. The van der Waals surface area contributed by atoms with Crippen LogP contribution in [-0.4, -0.2) is 35.9 Å². The van der Waals surface area contributed by atoms with E-state index in [1.807, 2.05) is 13.0 Å². The van der Waals surface area contributed by atoms with Crippen molar-refractivity contribution in [3.8, 4) is 0 Å². The maximum atomic E-state index is 12.3. The van der Waals surface area contributed by atoms with Crippen LogP contribution in [0.1, 0.15) is 66.2 Å². The summed E-state index contributed by atoms with van der Waals surface area (Å²) in [6.45, 7) is 13.0. The standard InChI is InChI=1S/C23H34O5/c1-14-6-7-16-15(2)17(24)12-18-22(3,4)19(8-10-23(16,18)5)28-21(26)13-20(25)27-11-9-14/h9,16-19,24H,2,6-8,10-13H2,1,3-5H3. The molecule has 5 unspecified atom stereocenters. The van der Waals surface area contributed by atoms with Gasteiger partial charge in [0.15, 0.2) is 0 Å². The Morgan fingerprint density at radius 2 is 1.89 bits per heavy atom. The molecular weight excluding hydrogens is 356 g/mol. The molecule has 2 fully saturated rings. The van der Waals surface area contributed by atoms with Gasteiger partial charge in [-0.05, 0) is 67.9 Å². The number of carbonyl (C=O) groups excluding carboxylic acids is 2. The van der Waals surface area contributed by atoms with E-state index in [2.05, 4.69) is 27.4 Å². The van der Waals surface area contributed by atoms with Crippen LogP contribution in [0.3, 0.4) is 0 Å². The van der Waals surface area contributed by atoms with Crippen LogP contribution < -0.4 is 0 Å². The Labute approximate surface area is 168 Å². The van der Waals surface area contributed by atoms with Gasteiger partial charge in [0.25, 0.3) is 0 Å². The second kappa shape index (κ2) is 7.66. The van der Waals surface area contributed by atoms with Gasteiger partial charge in [-0.15, -0.1) is 0 Å². The van der Waals surface area contributed by atoms with Gasteiger partial charge in [0.1, 0.15) is 19.1 Å². The van der Waals surface area contributed by atoms with E-state index < -0.39 is 18.0 Å². The van der Waals surface area contributed by atoms with Crippen LogP contribution in [-0.2, 0) is 19.1 Å². The molecule has 2 aliphatic heterocycles. The Hall–Kier alpha value is -1.62. The van der Waals surface area contributed by atoms with Crippen LogP contribution in [0.25, 0.3) is 0 Å². The molecule has 4 aliphatic rings. The van der Waals surface area contributed by atoms with Crippen molar-refractivity contribution < 1.29 is 24.2 Å². The molecule has 5 heteroatoms. The Morgan fingerprint density at radius 1 is 1.18 bits per heavy atom. The zero-order chi connectivity index (χ0) is 20.7. The number of hydrogen-bond donors (Lipinski definition) is 1. The fourth-order valence-corrected chi connectivity index (χ4v) is 5.93. The first-order valence-electron chi connectivity index (χ1n) is 10.4. The minimum atomic E-state index is -0.551. The van der Waals surface area contributed by atoms with Crippen LogP contribution in [0.2, 0.25) is 0 Å². The first kappa shape index (κ1) is 21.1. The van der Waals surface area contributed by atoms with Crippen LogP contribution in [0.5, 0.6) is 0 Å². The summed E-state index contributed by atoms with van der Waals surface area (Å²) >= 11 is 0. The van der Waals surface area contributed by atoms with Crippen molar-refractivity contribution in [3.63, 3.8) is 0 Å². The highest BCUT2D eigenvalue weighted by Crippen LogP contribution is 2.62. The molecule has 5 atom stereocenters. The molecule has 0 aromatic heterocycles. The van der Waals surface area contributed by atoms with Crippen molar-refractivity contribution in [2.45, 2.75) is 78.4 Å². The van der Waals surface area contributed by atoms with Crippen molar-refractivity contribution >= 4 is 11.9 Å². The van der Waals surface area contributed by atoms with Crippen LogP contribution >= 0.6 is 0 Å². The first-order valence-corrected chi connectivity index (χ1v) is 10.4. The number of aliphatic hydroxyl groups excluding tert-OH is 1. The number of fused-ring (bicyclic) bond motifs is 9. The van der Waals surface area contributed by atoms with Crippen LogP contribution in [0.15, 0.2) is 23.8 Å². The predicted octanol–water partition coefficient (Wildman–Crippen LogP) is 3.95. The van der Waals surface area contributed by atoms with Gasteiger partial charge >= 0.3 is 11.9 Å². The van der Waals surface area contributed by atoms with E-state index in [1.54, 1.807) is 0 Å². The van der Waals surface area contributed by atoms with Crippen molar-refractivity contribution in [1.82, 2.24) is 0 Å². The third-order valence-electron chi connectivity index (χ3n) is 7.67. The Bertz CT molecular complexity index is 691. The average Bonchev–Trinajstić information content (AvgIpc) is 2.60. The molecule has 4 rings (SSSR count). The third-order valence-corrected chi connectivity index (χ3v) is 7.67. The highest BCUT2D eigenvalue weighted by atomic mass is 16.6. The van der Waals surface area contributed by atoms with Crippen molar-refractivity contribution in [3.05, 3.63) is 23.8 Å². The lowest BCUT2D eigenvalue weighted by molar-refractivity contribution is -0.182. The summed E-state index contributed by atoms with van der Waals surface area (Å²) in [5.74, 6) is -0.656. The van der Waals surface area contributed by atoms with Gasteiger partial charge in [0.05, 0.1) is 6.10 Å². The SMILES string of the molecule is C=C1C(O)CC2C(C)(C)C3CCC2(C)C1CCC(C)=CCOC(=O)CC(=O)O3. The monoisotopic (exact) mass is 390 g/mol. The van der Waals surface area contributed by atoms with Gasteiger partial charge in [-0.25, -0.2) is 0 Å². The van der Waals surface area contributed by atoms with Crippen molar-refractivity contribution in [1.29, 1.82) is 0 Å². The highest BCUT2D eigenvalue weighted by molar-refractivity contribution is 5.91. The van der Waals surface area contributed by atoms with Gasteiger partial charge in [-0.2, -0.15) is 0 Å². The van der Waals surface area contributed by atoms with Gasteiger partial charge in [-0.3, -0.25) is 9.59 Å². The summed E-state index contributed by atoms with van der Waals surface area (Å²) in [4.78, 5) is 24.3. The zero-order valence-electron chi connectivity index (χ0n) is 17.6. The molecule has 28 heavy (non-hydrogen) atoms. The maximum absolute atomic E-state index is 12.3. The third kappa shape index (κ3) is 3.78. The average molecular weight is 391 g/mol. The van der Waals surface area contributed by atoms with E-state index in [0.29, 0.717) is 6.42 Å². The molecule has 2 heterocycles. The molecule has 156 valence electrons. The number of carbonyl (C=O) groups is 2. The smallest absolute Gasteiger partial charge is 0.317 e. The molecule has 0 aromatic rings.